The van der Waals surface area contributed by atoms with E-state index >= 15 is 0 Å². The van der Waals surface area contributed by atoms with Crippen LogP contribution in [0.5, 0.6) is 0 Å². The second kappa shape index (κ2) is 12.2. The van der Waals surface area contributed by atoms with Crippen molar-refractivity contribution in [3.05, 3.63) is 125 Å². The molecule has 0 aliphatic heterocycles. The quantitative estimate of drug-likeness (QED) is 0.167. The first kappa shape index (κ1) is 23.7. The van der Waals surface area contributed by atoms with Crippen LogP contribution in [0.25, 0.3) is 16.8 Å². The number of hydrogen-bond donors (Lipinski definition) is 1. The molecule has 0 aromatic heterocycles. The van der Waals surface area contributed by atoms with Gasteiger partial charge in [-0.15, -0.1) is 0 Å². The van der Waals surface area contributed by atoms with Crippen molar-refractivity contribution in [1.29, 1.82) is 0 Å². The number of aldehydes is 1. The molecule has 0 atom stereocenters. The van der Waals surface area contributed by atoms with Gasteiger partial charge >= 0.3 is 0 Å². The minimum absolute atomic E-state index is 0.437. The molecule has 3 heteroatoms. The zero-order chi connectivity index (χ0) is 23.5. The Morgan fingerprint density at radius 3 is 2.21 bits per heavy atom. The number of nitrogens with zero attached hydrogens (tertiary/aromatic N) is 1. The number of amidine groups is 1. The van der Waals surface area contributed by atoms with E-state index in [0.29, 0.717) is 17.8 Å². The van der Waals surface area contributed by atoms with Crippen molar-refractivity contribution in [3.8, 4) is 11.1 Å². The maximum Gasteiger partial charge on any atom is 0.150 e. The molecule has 0 heterocycles. The number of hydrogen-bond acceptors (Lipinski definition) is 2. The summed E-state index contributed by atoms with van der Waals surface area (Å²) < 4.78 is 0. The minimum atomic E-state index is 0.437. The summed E-state index contributed by atoms with van der Waals surface area (Å²) in [6.45, 7) is 4.14. The van der Waals surface area contributed by atoms with E-state index < -0.39 is 0 Å². The van der Waals surface area contributed by atoms with E-state index in [2.05, 4.69) is 31.2 Å². The fraction of sp³-hybridized carbons (Fsp3) is 0.133. The van der Waals surface area contributed by atoms with Crippen LogP contribution in [0.4, 0.5) is 0 Å². The Labute approximate surface area is 196 Å². The highest BCUT2D eigenvalue weighted by molar-refractivity contribution is 6.00. The molecule has 0 radical (unpaired) electrons. The number of allylic oxidation sites excluding steroid dienone is 5. The molecule has 166 valence electrons. The summed E-state index contributed by atoms with van der Waals surface area (Å²) in [5.74, 6) is 0.437. The van der Waals surface area contributed by atoms with Gasteiger partial charge in [-0.2, -0.15) is 0 Å². The lowest BCUT2D eigenvalue weighted by atomic mass is 9.98. The zero-order valence-corrected chi connectivity index (χ0v) is 19.2. The maximum atomic E-state index is 11.7. The van der Waals surface area contributed by atoms with Gasteiger partial charge in [0.1, 0.15) is 12.1 Å². The Morgan fingerprint density at radius 2 is 1.58 bits per heavy atom. The molecule has 3 nitrogen and oxygen atoms in total. The van der Waals surface area contributed by atoms with Crippen LogP contribution in [-0.4, -0.2) is 12.1 Å². The van der Waals surface area contributed by atoms with Gasteiger partial charge in [0.25, 0.3) is 0 Å². The molecule has 2 N–H and O–H groups in total. The first-order valence-corrected chi connectivity index (χ1v) is 11.2. The molecular formula is C30H30N2O. The third-order valence-corrected chi connectivity index (χ3v) is 5.18. The van der Waals surface area contributed by atoms with E-state index in [-0.39, 0.29) is 0 Å². The van der Waals surface area contributed by atoms with Crippen LogP contribution in [0.2, 0.25) is 0 Å². The smallest absolute Gasteiger partial charge is 0.150 e. The van der Waals surface area contributed by atoms with Crippen LogP contribution in [-0.2, 0) is 0 Å². The number of rotatable bonds is 9. The molecule has 3 aromatic rings. The lowest BCUT2D eigenvalue weighted by Gasteiger charge is -2.10. The Bertz CT molecular complexity index is 1190. The zero-order valence-electron chi connectivity index (χ0n) is 19.2. The Kier molecular flexibility index (Phi) is 8.72. The summed E-state index contributed by atoms with van der Waals surface area (Å²) in [4.78, 5) is 16.6. The maximum absolute atomic E-state index is 11.7. The standard InChI is InChI=1S/C30H30N2O/c1-3-11-23(12-4-2)17-18-29(32-30(31)26-15-9-6-10-16-26)28-20-24(22-33)19-27(21-28)25-13-7-5-8-14-25/h3,5-16,18-22H,4,17H2,1-2H3,(H2,31,32)/b11-3-,23-12+,29-18-. The van der Waals surface area contributed by atoms with Gasteiger partial charge in [0.2, 0.25) is 0 Å². The summed E-state index contributed by atoms with van der Waals surface area (Å²) >= 11 is 0. The van der Waals surface area contributed by atoms with Gasteiger partial charge < -0.3 is 5.73 Å². The van der Waals surface area contributed by atoms with E-state index in [1.165, 1.54) is 5.57 Å². The third-order valence-electron chi connectivity index (χ3n) is 5.18. The third kappa shape index (κ3) is 6.75. The molecule has 0 spiro atoms. The summed E-state index contributed by atoms with van der Waals surface area (Å²) in [5.41, 5.74) is 12.7. The van der Waals surface area contributed by atoms with E-state index in [0.717, 1.165) is 40.7 Å². The minimum Gasteiger partial charge on any atom is -0.383 e. The second-order valence-corrected chi connectivity index (χ2v) is 7.67. The number of carbonyl (C=O) groups excluding carboxylic acids is 1. The molecule has 0 bridgehead atoms. The molecule has 0 amide bonds. The molecule has 3 rings (SSSR count). The average Bonchev–Trinajstić information content (AvgIpc) is 2.87. The monoisotopic (exact) mass is 434 g/mol. The summed E-state index contributed by atoms with van der Waals surface area (Å²) in [5, 5.41) is 0. The average molecular weight is 435 g/mol. The highest BCUT2D eigenvalue weighted by Crippen LogP contribution is 2.27. The van der Waals surface area contributed by atoms with Crippen molar-refractivity contribution in [2.24, 2.45) is 10.7 Å². The Hall–Kier alpha value is -3.98. The first-order chi connectivity index (χ1) is 16.1. The van der Waals surface area contributed by atoms with Gasteiger partial charge in [-0.25, -0.2) is 4.99 Å². The normalized spacial score (nSPS) is 12.8. The van der Waals surface area contributed by atoms with E-state index in [9.17, 15) is 4.79 Å². The molecule has 3 aromatic carbocycles. The summed E-state index contributed by atoms with van der Waals surface area (Å²) in [7, 11) is 0. The summed E-state index contributed by atoms with van der Waals surface area (Å²) in [6.07, 6.45) is 11.0. The topological polar surface area (TPSA) is 55.4 Å². The highest BCUT2D eigenvalue weighted by Gasteiger charge is 2.09. The van der Waals surface area contributed by atoms with Crippen molar-refractivity contribution >= 4 is 17.8 Å². The molecule has 0 aliphatic carbocycles. The predicted octanol–water partition coefficient (Wildman–Crippen LogP) is 7.22. The molecule has 0 fully saturated rings. The van der Waals surface area contributed by atoms with Crippen LogP contribution in [0, 0.1) is 0 Å². The first-order valence-electron chi connectivity index (χ1n) is 11.2. The highest BCUT2D eigenvalue weighted by atomic mass is 16.1. The Balaban J connectivity index is 2.13. The van der Waals surface area contributed by atoms with Gasteiger partial charge in [0.15, 0.2) is 0 Å². The van der Waals surface area contributed by atoms with E-state index in [1.54, 1.807) is 0 Å². The lowest BCUT2D eigenvalue weighted by Crippen LogP contribution is -2.13. The van der Waals surface area contributed by atoms with Crippen molar-refractivity contribution in [2.75, 3.05) is 0 Å². The number of aliphatic imine (C=N–C) groups is 1. The Morgan fingerprint density at radius 1 is 0.879 bits per heavy atom. The van der Waals surface area contributed by atoms with Crippen LogP contribution in [0.1, 0.15) is 48.2 Å². The van der Waals surface area contributed by atoms with Crippen molar-refractivity contribution < 1.29 is 4.79 Å². The van der Waals surface area contributed by atoms with E-state index in [1.807, 2.05) is 85.8 Å². The van der Waals surface area contributed by atoms with Gasteiger partial charge in [-0.05, 0) is 54.7 Å². The van der Waals surface area contributed by atoms with Crippen molar-refractivity contribution in [1.82, 2.24) is 0 Å². The fourth-order valence-electron chi connectivity index (χ4n) is 3.61. The van der Waals surface area contributed by atoms with Crippen LogP contribution in [0.3, 0.4) is 0 Å². The van der Waals surface area contributed by atoms with Gasteiger partial charge in [-0.1, -0.05) is 91.9 Å². The SMILES string of the molecule is C/C=C\C(=C/CC)C/C=C(\N=C(N)c1ccccc1)c1cc(C=O)cc(-c2ccccc2)c1. The number of nitrogens with two attached hydrogens (primary N) is 1. The molecule has 0 saturated carbocycles. The summed E-state index contributed by atoms with van der Waals surface area (Å²) in [6, 6.07) is 25.6. The number of benzene rings is 3. The number of carbonyl (C=O) groups is 1. The molecule has 0 aliphatic rings. The van der Waals surface area contributed by atoms with Crippen LogP contribution >= 0.6 is 0 Å². The van der Waals surface area contributed by atoms with Gasteiger partial charge in [0, 0.05) is 16.7 Å². The second-order valence-electron chi connectivity index (χ2n) is 7.67. The largest absolute Gasteiger partial charge is 0.383 e. The van der Waals surface area contributed by atoms with Gasteiger partial charge in [0.05, 0.1) is 5.70 Å². The van der Waals surface area contributed by atoms with Crippen molar-refractivity contribution in [3.63, 3.8) is 0 Å². The molecular weight excluding hydrogens is 404 g/mol. The van der Waals surface area contributed by atoms with Crippen molar-refractivity contribution in [2.45, 2.75) is 26.7 Å². The van der Waals surface area contributed by atoms with E-state index in [4.69, 9.17) is 10.7 Å². The lowest BCUT2D eigenvalue weighted by molar-refractivity contribution is 0.112. The molecule has 0 unspecified atom stereocenters. The molecule has 0 saturated heterocycles. The fourth-order valence-corrected chi connectivity index (χ4v) is 3.61. The van der Waals surface area contributed by atoms with Crippen LogP contribution < -0.4 is 5.73 Å². The molecule has 33 heavy (non-hydrogen) atoms. The predicted molar refractivity (Wildman–Crippen MR) is 140 cm³/mol. The van der Waals surface area contributed by atoms with Crippen LogP contribution in [0.15, 0.2) is 114 Å². The van der Waals surface area contributed by atoms with Gasteiger partial charge in [-0.3, -0.25) is 4.79 Å².